The second-order valence-electron chi connectivity index (χ2n) is 5.63. The molecule has 1 fully saturated rings. The van der Waals surface area contributed by atoms with Gasteiger partial charge in [-0.25, -0.2) is 0 Å². The van der Waals surface area contributed by atoms with E-state index in [1.54, 1.807) is 23.6 Å². The number of piperidine rings is 1. The van der Waals surface area contributed by atoms with E-state index >= 15 is 0 Å². The van der Waals surface area contributed by atoms with Gasteiger partial charge in [-0.05, 0) is 60.6 Å². The molecule has 6 heteroatoms. The van der Waals surface area contributed by atoms with Gasteiger partial charge in [0.25, 0.3) is 0 Å². The fourth-order valence-corrected chi connectivity index (χ4v) is 3.79. The predicted molar refractivity (Wildman–Crippen MR) is 102 cm³/mol. The molecular formula is C18H19N3OS2. The number of nitrogens with one attached hydrogen (secondary N) is 1. The fraction of sp³-hybridized carbons (Fsp3) is 0.278. The highest BCUT2D eigenvalue weighted by molar-refractivity contribution is 7.80. The van der Waals surface area contributed by atoms with Gasteiger partial charge in [0.05, 0.1) is 6.04 Å². The van der Waals surface area contributed by atoms with E-state index < -0.39 is 0 Å². The minimum absolute atomic E-state index is 0.182. The van der Waals surface area contributed by atoms with Gasteiger partial charge in [0.15, 0.2) is 5.11 Å². The van der Waals surface area contributed by atoms with Gasteiger partial charge in [0.1, 0.15) is 0 Å². The number of pyridine rings is 1. The van der Waals surface area contributed by atoms with E-state index in [-0.39, 0.29) is 11.9 Å². The SMILES string of the molecule is O=C(C=Cc1cccs1)NC(=S)N1CCCCC1c1cccnc1. The van der Waals surface area contributed by atoms with Crippen LogP contribution in [0.25, 0.3) is 6.08 Å². The summed E-state index contributed by atoms with van der Waals surface area (Å²) in [4.78, 5) is 19.5. The number of nitrogens with zero attached hydrogens (tertiary/aromatic N) is 2. The topological polar surface area (TPSA) is 45.2 Å². The van der Waals surface area contributed by atoms with Crippen LogP contribution in [-0.2, 0) is 4.79 Å². The van der Waals surface area contributed by atoms with Crippen molar-refractivity contribution in [1.29, 1.82) is 0 Å². The number of likely N-dealkylation sites (tertiary alicyclic amines) is 1. The van der Waals surface area contributed by atoms with Gasteiger partial charge in [-0.15, -0.1) is 11.3 Å². The Morgan fingerprint density at radius 1 is 1.38 bits per heavy atom. The summed E-state index contributed by atoms with van der Waals surface area (Å²) in [6.07, 6.45) is 10.2. The Labute approximate surface area is 151 Å². The molecular weight excluding hydrogens is 338 g/mol. The molecule has 1 unspecified atom stereocenters. The van der Waals surface area contributed by atoms with Crippen molar-refractivity contribution in [2.24, 2.45) is 0 Å². The van der Waals surface area contributed by atoms with Gasteiger partial charge < -0.3 is 4.90 Å². The zero-order valence-corrected chi connectivity index (χ0v) is 14.9. The van der Waals surface area contributed by atoms with Crippen molar-refractivity contribution in [3.63, 3.8) is 0 Å². The Morgan fingerprint density at radius 2 is 2.29 bits per heavy atom. The Bertz CT molecular complexity index is 713. The molecule has 1 aliphatic heterocycles. The standard InChI is InChI=1S/C18H19N3OS2/c22-17(9-8-15-6-4-12-24-15)20-18(23)21-11-2-1-7-16(21)14-5-3-10-19-13-14/h3-6,8-10,12-13,16H,1-2,7,11H2,(H,20,22,23). The zero-order chi connectivity index (χ0) is 16.8. The first-order valence-corrected chi connectivity index (χ1v) is 9.26. The quantitative estimate of drug-likeness (QED) is 0.671. The number of rotatable bonds is 3. The number of carbonyl (C=O) groups is 1. The Morgan fingerprint density at radius 3 is 3.04 bits per heavy atom. The summed E-state index contributed by atoms with van der Waals surface area (Å²) in [6, 6.07) is 8.11. The number of thiophene rings is 1. The molecule has 1 amide bonds. The first-order chi connectivity index (χ1) is 11.7. The van der Waals surface area contributed by atoms with Gasteiger partial charge in [0.2, 0.25) is 5.91 Å². The highest BCUT2D eigenvalue weighted by Gasteiger charge is 2.26. The summed E-state index contributed by atoms with van der Waals surface area (Å²) in [7, 11) is 0. The molecule has 4 nitrogen and oxygen atoms in total. The molecule has 3 rings (SSSR count). The molecule has 0 saturated carbocycles. The number of amides is 1. The first-order valence-electron chi connectivity index (χ1n) is 7.97. The lowest BCUT2D eigenvalue weighted by Crippen LogP contribution is -2.46. The van der Waals surface area contributed by atoms with Crippen LogP contribution in [0.1, 0.15) is 35.7 Å². The lowest BCUT2D eigenvalue weighted by atomic mass is 9.97. The van der Waals surface area contributed by atoms with Crippen molar-refractivity contribution in [3.8, 4) is 0 Å². The van der Waals surface area contributed by atoms with E-state index in [1.165, 1.54) is 6.08 Å². The molecule has 0 spiro atoms. The highest BCUT2D eigenvalue weighted by Crippen LogP contribution is 2.30. The maximum absolute atomic E-state index is 12.1. The van der Waals surface area contributed by atoms with E-state index in [0.717, 1.165) is 36.2 Å². The molecule has 24 heavy (non-hydrogen) atoms. The maximum Gasteiger partial charge on any atom is 0.250 e. The van der Waals surface area contributed by atoms with Gasteiger partial charge in [-0.2, -0.15) is 0 Å². The molecule has 1 saturated heterocycles. The summed E-state index contributed by atoms with van der Waals surface area (Å²) in [5.74, 6) is -0.191. The molecule has 2 aromatic rings. The van der Waals surface area contributed by atoms with Crippen molar-refractivity contribution in [2.45, 2.75) is 25.3 Å². The van der Waals surface area contributed by atoms with Crippen LogP contribution in [0, 0.1) is 0 Å². The first kappa shape index (κ1) is 16.8. The minimum Gasteiger partial charge on any atom is -0.342 e. The van der Waals surface area contributed by atoms with E-state index in [2.05, 4.69) is 21.3 Å². The minimum atomic E-state index is -0.191. The Kier molecular flexibility index (Phi) is 5.72. The predicted octanol–water partition coefficient (Wildman–Crippen LogP) is 3.78. The second-order valence-corrected chi connectivity index (χ2v) is 7.00. The number of hydrogen-bond acceptors (Lipinski definition) is 4. The molecule has 3 heterocycles. The average molecular weight is 358 g/mol. The third-order valence-corrected chi connectivity index (χ3v) is 5.18. The summed E-state index contributed by atoms with van der Waals surface area (Å²) in [5.41, 5.74) is 1.14. The lowest BCUT2D eigenvalue weighted by Gasteiger charge is -2.37. The summed E-state index contributed by atoms with van der Waals surface area (Å²) >= 11 is 7.08. The van der Waals surface area contributed by atoms with Gasteiger partial charge in [-0.1, -0.05) is 12.1 Å². The van der Waals surface area contributed by atoms with Gasteiger partial charge in [0, 0.05) is 29.9 Å². The molecule has 124 valence electrons. The molecule has 1 N–H and O–H groups in total. The normalized spacial score (nSPS) is 17.8. The van der Waals surface area contributed by atoms with E-state index in [0.29, 0.717) is 5.11 Å². The van der Waals surface area contributed by atoms with Crippen LogP contribution in [0.2, 0.25) is 0 Å². The lowest BCUT2D eigenvalue weighted by molar-refractivity contribution is -0.115. The number of aromatic nitrogens is 1. The number of hydrogen-bond donors (Lipinski definition) is 1. The van der Waals surface area contributed by atoms with E-state index in [9.17, 15) is 4.79 Å². The second kappa shape index (κ2) is 8.17. The molecule has 1 atom stereocenters. The molecule has 0 aromatic carbocycles. The average Bonchev–Trinajstić information content (AvgIpc) is 3.14. The number of thiocarbonyl (C=S) groups is 1. The van der Waals surface area contributed by atoms with Gasteiger partial charge in [-0.3, -0.25) is 15.1 Å². The Hall–Kier alpha value is -2.05. The third-order valence-electron chi connectivity index (χ3n) is 4.01. The third kappa shape index (κ3) is 4.27. The largest absolute Gasteiger partial charge is 0.342 e. The summed E-state index contributed by atoms with van der Waals surface area (Å²) < 4.78 is 0. The van der Waals surface area contributed by atoms with Crippen LogP contribution in [-0.4, -0.2) is 27.4 Å². The van der Waals surface area contributed by atoms with E-state index in [1.807, 2.05) is 29.8 Å². The monoisotopic (exact) mass is 357 g/mol. The van der Waals surface area contributed by atoms with Crippen LogP contribution < -0.4 is 5.32 Å². The van der Waals surface area contributed by atoms with Crippen molar-refractivity contribution >= 4 is 40.7 Å². The number of carbonyl (C=O) groups excluding carboxylic acids is 1. The van der Waals surface area contributed by atoms with Crippen molar-refractivity contribution in [3.05, 3.63) is 58.6 Å². The highest BCUT2D eigenvalue weighted by atomic mass is 32.1. The molecule has 0 radical (unpaired) electrons. The van der Waals surface area contributed by atoms with Crippen LogP contribution in [0.5, 0.6) is 0 Å². The molecule has 1 aliphatic rings. The smallest absolute Gasteiger partial charge is 0.250 e. The van der Waals surface area contributed by atoms with Crippen molar-refractivity contribution < 1.29 is 4.79 Å². The Balaban J connectivity index is 1.65. The summed E-state index contributed by atoms with van der Waals surface area (Å²) in [6.45, 7) is 0.854. The molecule has 0 bridgehead atoms. The van der Waals surface area contributed by atoms with Gasteiger partial charge >= 0.3 is 0 Å². The van der Waals surface area contributed by atoms with E-state index in [4.69, 9.17) is 12.2 Å². The van der Waals surface area contributed by atoms with Crippen LogP contribution in [0.4, 0.5) is 0 Å². The summed E-state index contributed by atoms with van der Waals surface area (Å²) in [5, 5.41) is 5.30. The maximum atomic E-state index is 12.1. The van der Waals surface area contributed by atoms with Crippen molar-refractivity contribution in [2.75, 3.05) is 6.54 Å². The van der Waals surface area contributed by atoms with Crippen LogP contribution in [0.15, 0.2) is 48.1 Å². The molecule has 2 aromatic heterocycles. The van der Waals surface area contributed by atoms with Crippen LogP contribution in [0.3, 0.4) is 0 Å². The molecule has 0 aliphatic carbocycles. The zero-order valence-electron chi connectivity index (χ0n) is 13.2. The van der Waals surface area contributed by atoms with Crippen LogP contribution >= 0.6 is 23.6 Å². The fourth-order valence-electron chi connectivity index (χ4n) is 2.86. The van der Waals surface area contributed by atoms with Crippen molar-refractivity contribution in [1.82, 2.24) is 15.2 Å².